The van der Waals surface area contributed by atoms with Gasteiger partial charge in [-0.25, -0.2) is 0 Å². The molecule has 0 radical (unpaired) electrons. The minimum atomic E-state index is 1.11. The lowest BCUT2D eigenvalue weighted by Gasteiger charge is -1.96. The number of thioether (sulfide) groups is 2. The van der Waals surface area contributed by atoms with Gasteiger partial charge in [0.1, 0.15) is 0 Å². The van der Waals surface area contributed by atoms with Gasteiger partial charge in [-0.05, 0) is 16.9 Å². The van der Waals surface area contributed by atoms with Crippen molar-refractivity contribution < 1.29 is 0 Å². The quantitative estimate of drug-likeness (QED) is 0.601. The molecule has 8 heavy (non-hydrogen) atoms. The molecular formula is C6H12S2. The molecule has 0 N–H and O–H groups in total. The standard InChI is InChI=1S/C6H12S2/c1-4-8-5-6(2)7-3/h2,4-5H2,1,3H3. The Labute approximate surface area is 60.1 Å². The zero-order valence-corrected chi connectivity index (χ0v) is 7.07. The smallest absolute Gasteiger partial charge is 0.0238 e. The second-order valence-electron chi connectivity index (χ2n) is 1.38. The first-order valence-corrected chi connectivity index (χ1v) is 4.98. The van der Waals surface area contributed by atoms with E-state index < -0.39 is 0 Å². The second-order valence-corrected chi connectivity index (χ2v) is 3.64. The molecule has 48 valence electrons. The lowest BCUT2D eigenvalue weighted by Crippen LogP contribution is -1.78. The summed E-state index contributed by atoms with van der Waals surface area (Å²) in [5.74, 6) is 2.30. The van der Waals surface area contributed by atoms with Gasteiger partial charge in [0.2, 0.25) is 0 Å². The molecule has 0 aliphatic heterocycles. The van der Waals surface area contributed by atoms with E-state index in [9.17, 15) is 0 Å². The molecule has 0 bridgehead atoms. The minimum Gasteiger partial charge on any atom is -0.157 e. The Morgan fingerprint density at radius 2 is 2.25 bits per heavy atom. The van der Waals surface area contributed by atoms with Crippen molar-refractivity contribution in [2.24, 2.45) is 0 Å². The molecule has 0 aliphatic carbocycles. The van der Waals surface area contributed by atoms with E-state index in [-0.39, 0.29) is 0 Å². The van der Waals surface area contributed by atoms with Crippen LogP contribution in [0.15, 0.2) is 11.5 Å². The average molecular weight is 148 g/mol. The van der Waals surface area contributed by atoms with Gasteiger partial charge in [0, 0.05) is 5.75 Å². The molecule has 0 nitrogen and oxygen atoms in total. The van der Waals surface area contributed by atoms with Crippen LogP contribution in [-0.4, -0.2) is 17.8 Å². The molecule has 0 rings (SSSR count). The zero-order valence-electron chi connectivity index (χ0n) is 5.44. The summed E-state index contributed by atoms with van der Waals surface area (Å²) in [7, 11) is 0. The van der Waals surface area contributed by atoms with Crippen LogP contribution >= 0.6 is 23.5 Å². The Bertz CT molecular complexity index is 68.9. The molecule has 0 aliphatic rings. The SMILES string of the molecule is C=C(CSCC)SC. The third-order valence-electron chi connectivity index (χ3n) is 0.756. The Kier molecular flexibility index (Phi) is 5.88. The van der Waals surface area contributed by atoms with Gasteiger partial charge >= 0.3 is 0 Å². The average Bonchev–Trinajstić information content (AvgIpc) is 1.83. The van der Waals surface area contributed by atoms with Crippen molar-refractivity contribution in [1.82, 2.24) is 0 Å². The largest absolute Gasteiger partial charge is 0.157 e. The summed E-state index contributed by atoms with van der Waals surface area (Å²) in [6.45, 7) is 6.02. The van der Waals surface area contributed by atoms with Crippen molar-refractivity contribution in [3.63, 3.8) is 0 Å². The van der Waals surface area contributed by atoms with Crippen LogP contribution in [0.1, 0.15) is 6.92 Å². The summed E-state index contributed by atoms with van der Waals surface area (Å²) in [5, 5.41) is 0. The van der Waals surface area contributed by atoms with Gasteiger partial charge < -0.3 is 0 Å². The first kappa shape index (κ1) is 8.44. The van der Waals surface area contributed by atoms with Crippen molar-refractivity contribution in [1.29, 1.82) is 0 Å². The second kappa shape index (κ2) is 5.57. The highest BCUT2D eigenvalue weighted by atomic mass is 32.2. The maximum atomic E-state index is 3.85. The van der Waals surface area contributed by atoms with E-state index in [2.05, 4.69) is 19.8 Å². The molecular weight excluding hydrogens is 136 g/mol. The van der Waals surface area contributed by atoms with Crippen LogP contribution in [-0.2, 0) is 0 Å². The topological polar surface area (TPSA) is 0 Å². The van der Waals surface area contributed by atoms with Gasteiger partial charge in [-0.2, -0.15) is 11.8 Å². The normalized spacial score (nSPS) is 9.25. The molecule has 0 aromatic rings. The van der Waals surface area contributed by atoms with Gasteiger partial charge in [-0.3, -0.25) is 0 Å². The van der Waals surface area contributed by atoms with E-state index in [0.717, 1.165) is 5.75 Å². The fourth-order valence-electron chi connectivity index (χ4n) is 0.275. The van der Waals surface area contributed by atoms with E-state index in [1.165, 1.54) is 10.7 Å². The van der Waals surface area contributed by atoms with E-state index in [1.807, 2.05) is 11.8 Å². The van der Waals surface area contributed by atoms with E-state index in [4.69, 9.17) is 0 Å². The lowest BCUT2D eigenvalue weighted by molar-refractivity contribution is 1.51. The summed E-state index contributed by atoms with van der Waals surface area (Å²) in [5.41, 5.74) is 0. The maximum absolute atomic E-state index is 3.85. The van der Waals surface area contributed by atoms with E-state index in [0.29, 0.717) is 0 Å². The van der Waals surface area contributed by atoms with Crippen LogP contribution in [0.4, 0.5) is 0 Å². The van der Waals surface area contributed by atoms with Crippen LogP contribution < -0.4 is 0 Å². The van der Waals surface area contributed by atoms with Crippen molar-refractivity contribution >= 4 is 23.5 Å². The fourth-order valence-corrected chi connectivity index (χ4v) is 1.43. The maximum Gasteiger partial charge on any atom is 0.0238 e. The van der Waals surface area contributed by atoms with Crippen LogP contribution in [0.5, 0.6) is 0 Å². The predicted octanol–water partition coefficient (Wildman–Crippen LogP) is 2.62. The van der Waals surface area contributed by atoms with Crippen LogP contribution in [0.25, 0.3) is 0 Å². The predicted molar refractivity (Wildman–Crippen MR) is 45.7 cm³/mol. The Morgan fingerprint density at radius 3 is 2.62 bits per heavy atom. The number of hydrogen-bond donors (Lipinski definition) is 0. The molecule has 0 saturated heterocycles. The highest BCUT2D eigenvalue weighted by Crippen LogP contribution is 2.14. The summed E-state index contributed by atoms with van der Waals surface area (Å²) in [6.07, 6.45) is 2.07. The van der Waals surface area contributed by atoms with Gasteiger partial charge in [0.25, 0.3) is 0 Å². The van der Waals surface area contributed by atoms with Crippen LogP contribution in [0.3, 0.4) is 0 Å². The Morgan fingerprint density at radius 1 is 1.62 bits per heavy atom. The van der Waals surface area contributed by atoms with Crippen molar-refractivity contribution in [2.75, 3.05) is 17.8 Å². The molecule has 0 atom stereocenters. The minimum absolute atomic E-state index is 1.11. The number of rotatable bonds is 4. The van der Waals surface area contributed by atoms with Crippen molar-refractivity contribution in [2.45, 2.75) is 6.92 Å². The van der Waals surface area contributed by atoms with Gasteiger partial charge in [-0.1, -0.05) is 13.5 Å². The van der Waals surface area contributed by atoms with E-state index >= 15 is 0 Å². The molecule has 0 fully saturated rings. The van der Waals surface area contributed by atoms with Crippen LogP contribution in [0, 0.1) is 0 Å². The molecule has 0 spiro atoms. The highest BCUT2D eigenvalue weighted by Gasteiger charge is 1.87. The molecule has 0 unspecified atom stereocenters. The fraction of sp³-hybridized carbons (Fsp3) is 0.667. The van der Waals surface area contributed by atoms with Gasteiger partial charge in [0.15, 0.2) is 0 Å². The summed E-state index contributed by atoms with van der Waals surface area (Å²) < 4.78 is 0. The first-order chi connectivity index (χ1) is 3.81. The molecule has 0 aromatic heterocycles. The summed E-state index contributed by atoms with van der Waals surface area (Å²) >= 11 is 3.67. The summed E-state index contributed by atoms with van der Waals surface area (Å²) in [4.78, 5) is 1.27. The summed E-state index contributed by atoms with van der Waals surface area (Å²) in [6, 6.07) is 0. The van der Waals surface area contributed by atoms with Crippen molar-refractivity contribution in [3.8, 4) is 0 Å². The van der Waals surface area contributed by atoms with Gasteiger partial charge in [0.05, 0.1) is 0 Å². The third kappa shape index (κ3) is 4.60. The lowest BCUT2D eigenvalue weighted by atomic mass is 10.7. The first-order valence-electron chi connectivity index (χ1n) is 2.60. The van der Waals surface area contributed by atoms with E-state index in [1.54, 1.807) is 11.8 Å². The highest BCUT2D eigenvalue weighted by molar-refractivity contribution is 8.05. The molecule has 0 aromatic carbocycles. The van der Waals surface area contributed by atoms with Crippen molar-refractivity contribution in [3.05, 3.63) is 11.5 Å². The third-order valence-corrected chi connectivity index (χ3v) is 2.62. The number of hydrogen-bond acceptors (Lipinski definition) is 2. The molecule has 0 heterocycles. The Balaban J connectivity index is 2.99. The molecule has 2 heteroatoms. The molecule has 0 saturated carbocycles. The van der Waals surface area contributed by atoms with Gasteiger partial charge in [-0.15, -0.1) is 11.8 Å². The molecule has 0 amide bonds. The van der Waals surface area contributed by atoms with Crippen LogP contribution in [0.2, 0.25) is 0 Å². The Hall–Kier alpha value is 0.440. The monoisotopic (exact) mass is 148 g/mol. The zero-order chi connectivity index (χ0) is 6.41.